The maximum Gasteiger partial charge on any atom is 0.331 e. The van der Waals surface area contributed by atoms with Crippen LogP contribution in [0.2, 0.25) is 0 Å². The fourth-order valence-corrected chi connectivity index (χ4v) is 2.62. The second kappa shape index (κ2) is 5.07. The van der Waals surface area contributed by atoms with Gasteiger partial charge in [0.05, 0.1) is 0 Å². The number of hydrogen-bond acceptors (Lipinski definition) is 3. The number of nitrogens with one attached hydrogen (secondary N) is 1. The molecule has 1 atom stereocenters. The van der Waals surface area contributed by atoms with E-state index in [2.05, 4.69) is 5.32 Å². The smallest absolute Gasteiger partial charge is 0.276 e. The van der Waals surface area contributed by atoms with E-state index < -0.39 is 23.3 Å². The van der Waals surface area contributed by atoms with Crippen LogP contribution in [0.3, 0.4) is 0 Å². The van der Waals surface area contributed by atoms with Crippen LogP contribution >= 0.6 is 0 Å². The van der Waals surface area contributed by atoms with Crippen LogP contribution < -0.4 is 5.32 Å². The van der Waals surface area contributed by atoms with Gasteiger partial charge in [-0.3, -0.25) is 19.8 Å². The first-order valence-electron chi connectivity index (χ1n) is 6.69. The van der Waals surface area contributed by atoms with E-state index in [1.807, 2.05) is 6.07 Å². The fourth-order valence-electron chi connectivity index (χ4n) is 2.62. The maximum atomic E-state index is 12.8. The Labute approximate surface area is 118 Å². The predicted octanol–water partition coefficient (Wildman–Crippen LogP) is 1.82. The highest BCUT2D eigenvalue weighted by atomic mass is 16.2. The molecular formula is C15H18N2O3. The third-order valence-corrected chi connectivity index (χ3v) is 3.72. The van der Waals surface area contributed by atoms with Crippen molar-refractivity contribution in [2.24, 2.45) is 0 Å². The van der Waals surface area contributed by atoms with Crippen molar-refractivity contribution in [2.75, 3.05) is 0 Å². The third kappa shape index (κ3) is 1.90. The van der Waals surface area contributed by atoms with Crippen molar-refractivity contribution in [3.8, 4) is 0 Å². The quantitative estimate of drug-likeness (QED) is 0.855. The Morgan fingerprint density at radius 3 is 2.25 bits per heavy atom. The maximum absolute atomic E-state index is 12.8. The molecule has 2 rings (SSSR count). The van der Waals surface area contributed by atoms with E-state index in [9.17, 15) is 14.4 Å². The summed E-state index contributed by atoms with van der Waals surface area (Å²) in [6.07, 6.45) is 0.304. The normalized spacial score (nSPS) is 23.2. The lowest BCUT2D eigenvalue weighted by molar-refractivity contribution is -0.146. The van der Waals surface area contributed by atoms with Crippen molar-refractivity contribution < 1.29 is 14.4 Å². The third-order valence-electron chi connectivity index (χ3n) is 3.72. The monoisotopic (exact) mass is 274 g/mol. The molecule has 0 aliphatic carbocycles. The van der Waals surface area contributed by atoms with Gasteiger partial charge in [0.25, 0.3) is 5.91 Å². The number of carbonyl (C=O) groups is 3. The molecule has 1 saturated heterocycles. The summed E-state index contributed by atoms with van der Waals surface area (Å²) in [7, 11) is 0. The Hall–Kier alpha value is -2.17. The number of urea groups is 1. The molecule has 1 aromatic rings. The molecule has 4 amide bonds. The molecular weight excluding hydrogens is 256 g/mol. The average Bonchev–Trinajstić information content (AvgIpc) is 2.40. The Morgan fingerprint density at radius 2 is 1.75 bits per heavy atom. The van der Waals surface area contributed by atoms with Crippen molar-refractivity contribution in [3.05, 3.63) is 35.9 Å². The summed E-state index contributed by atoms with van der Waals surface area (Å²) in [6, 6.07) is 7.93. The molecule has 1 fully saturated rings. The van der Waals surface area contributed by atoms with Crippen molar-refractivity contribution in [3.63, 3.8) is 0 Å². The zero-order valence-corrected chi connectivity index (χ0v) is 11.8. The van der Waals surface area contributed by atoms with E-state index in [0.717, 1.165) is 4.90 Å². The minimum atomic E-state index is -1.32. The standard InChI is InChI=1S/C15H18N2O3/c1-4-15(11-8-6-5-7-9-11)12(18)16-14(20)17(10(2)3)13(15)19/h5-10H,4H2,1-3H3,(H,16,18,20). The van der Waals surface area contributed by atoms with Crippen LogP contribution in [0.4, 0.5) is 4.79 Å². The second-order valence-electron chi connectivity index (χ2n) is 5.15. The second-order valence-corrected chi connectivity index (χ2v) is 5.15. The lowest BCUT2D eigenvalue weighted by atomic mass is 9.74. The van der Waals surface area contributed by atoms with E-state index in [0.29, 0.717) is 12.0 Å². The Bertz CT molecular complexity index is 553. The van der Waals surface area contributed by atoms with Gasteiger partial charge in [-0.1, -0.05) is 37.3 Å². The number of nitrogens with zero attached hydrogens (tertiary/aromatic N) is 1. The van der Waals surface area contributed by atoms with Gasteiger partial charge in [0.15, 0.2) is 5.41 Å². The van der Waals surface area contributed by atoms with Gasteiger partial charge in [0.1, 0.15) is 0 Å². The summed E-state index contributed by atoms with van der Waals surface area (Å²) in [4.78, 5) is 38.1. The summed E-state index contributed by atoms with van der Waals surface area (Å²) in [5, 5.41) is 2.31. The van der Waals surface area contributed by atoms with E-state index >= 15 is 0 Å². The molecule has 0 aromatic heterocycles. The topological polar surface area (TPSA) is 66.5 Å². The van der Waals surface area contributed by atoms with Gasteiger partial charge in [-0.25, -0.2) is 4.79 Å². The average molecular weight is 274 g/mol. The lowest BCUT2D eigenvalue weighted by Crippen LogP contribution is -2.67. The van der Waals surface area contributed by atoms with E-state index in [1.165, 1.54) is 0 Å². The number of amides is 4. The Morgan fingerprint density at radius 1 is 1.15 bits per heavy atom. The molecule has 1 heterocycles. The van der Waals surface area contributed by atoms with Crippen molar-refractivity contribution in [2.45, 2.75) is 38.6 Å². The molecule has 0 spiro atoms. The minimum Gasteiger partial charge on any atom is -0.276 e. The van der Waals surface area contributed by atoms with Crippen LogP contribution in [-0.2, 0) is 15.0 Å². The molecule has 0 saturated carbocycles. The molecule has 1 aromatic carbocycles. The molecule has 0 radical (unpaired) electrons. The number of benzene rings is 1. The van der Waals surface area contributed by atoms with Gasteiger partial charge in [0, 0.05) is 6.04 Å². The number of barbiturate groups is 1. The zero-order valence-electron chi connectivity index (χ0n) is 11.8. The van der Waals surface area contributed by atoms with Gasteiger partial charge < -0.3 is 0 Å². The molecule has 5 nitrogen and oxygen atoms in total. The van der Waals surface area contributed by atoms with E-state index in [-0.39, 0.29) is 6.04 Å². The summed E-state index contributed by atoms with van der Waals surface area (Å²) in [5.41, 5.74) is -0.706. The van der Waals surface area contributed by atoms with E-state index in [4.69, 9.17) is 0 Å². The molecule has 20 heavy (non-hydrogen) atoms. The van der Waals surface area contributed by atoms with Crippen LogP contribution in [0, 0.1) is 0 Å². The van der Waals surface area contributed by atoms with Crippen molar-refractivity contribution in [1.29, 1.82) is 0 Å². The summed E-state index contributed by atoms with van der Waals surface area (Å²) >= 11 is 0. The van der Waals surface area contributed by atoms with Gasteiger partial charge in [-0.05, 0) is 25.8 Å². The van der Waals surface area contributed by atoms with E-state index in [1.54, 1.807) is 45.0 Å². The van der Waals surface area contributed by atoms with Gasteiger partial charge in [0.2, 0.25) is 5.91 Å². The number of rotatable bonds is 3. The van der Waals surface area contributed by atoms with Crippen LogP contribution in [0.25, 0.3) is 0 Å². The molecule has 5 heteroatoms. The summed E-state index contributed by atoms with van der Waals surface area (Å²) in [5.74, 6) is -0.993. The molecule has 0 bridgehead atoms. The highest BCUT2D eigenvalue weighted by molar-refractivity contribution is 6.22. The number of hydrogen-bond donors (Lipinski definition) is 1. The van der Waals surface area contributed by atoms with Crippen LogP contribution in [0.15, 0.2) is 30.3 Å². The van der Waals surface area contributed by atoms with Gasteiger partial charge in [-0.15, -0.1) is 0 Å². The Balaban J connectivity index is 2.59. The predicted molar refractivity (Wildman–Crippen MR) is 73.9 cm³/mol. The first kappa shape index (κ1) is 14.2. The molecule has 1 N–H and O–H groups in total. The first-order chi connectivity index (χ1) is 9.45. The fraction of sp³-hybridized carbons (Fsp3) is 0.400. The first-order valence-corrected chi connectivity index (χ1v) is 6.69. The SMILES string of the molecule is CCC1(c2ccccc2)C(=O)NC(=O)N(C(C)C)C1=O. The Kier molecular flexibility index (Phi) is 3.61. The lowest BCUT2D eigenvalue weighted by Gasteiger charge is -2.40. The molecule has 1 aliphatic heterocycles. The van der Waals surface area contributed by atoms with Crippen LogP contribution in [-0.4, -0.2) is 28.8 Å². The highest BCUT2D eigenvalue weighted by Crippen LogP contribution is 2.34. The molecule has 1 unspecified atom stereocenters. The van der Waals surface area contributed by atoms with Gasteiger partial charge >= 0.3 is 6.03 Å². The van der Waals surface area contributed by atoms with Gasteiger partial charge in [-0.2, -0.15) is 0 Å². The van der Waals surface area contributed by atoms with Crippen LogP contribution in [0.1, 0.15) is 32.8 Å². The molecule has 106 valence electrons. The largest absolute Gasteiger partial charge is 0.331 e. The summed E-state index contributed by atoms with van der Waals surface area (Å²) < 4.78 is 0. The van der Waals surface area contributed by atoms with Crippen LogP contribution in [0.5, 0.6) is 0 Å². The zero-order chi connectivity index (χ0) is 14.9. The van der Waals surface area contributed by atoms with Crippen molar-refractivity contribution in [1.82, 2.24) is 10.2 Å². The molecule has 1 aliphatic rings. The van der Waals surface area contributed by atoms with Crippen molar-refractivity contribution >= 4 is 17.8 Å². The number of imide groups is 2. The minimum absolute atomic E-state index is 0.301. The number of carbonyl (C=O) groups excluding carboxylic acids is 3. The highest BCUT2D eigenvalue weighted by Gasteiger charge is 2.54. The summed E-state index contributed by atoms with van der Waals surface area (Å²) in [6.45, 7) is 5.27.